The Morgan fingerprint density at radius 2 is 2.14 bits per heavy atom. The van der Waals surface area contributed by atoms with E-state index in [1.165, 1.54) is 0 Å². The third kappa shape index (κ3) is 8.80. The highest BCUT2D eigenvalue weighted by molar-refractivity contribution is 14.0. The minimum Gasteiger partial charge on any atom is -0.377 e. The number of nitrogens with one attached hydrogen (secondary N) is 2. The van der Waals surface area contributed by atoms with Crippen LogP contribution in [0.15, 0.2) is 4.99 Å². The zero-order valence-electron chi connectivity index (χ0n) is 13.9. The van der Waals surface area contributed by atoms with Crippen LogP contribution >= 0.6 is 24.0 Å². The first-order valence-electron chi connectivity index (χ1n) is 7.34. The fraction of sp³-hybridized carbons (Fsp3) is 0.929. The van der Waals surface area contributed by atoms with E-state index in [1.807, 2.05) is 13.8 Å². The summed E-state index contributed by atoms with van der Waals surface area (Å²) >= 11 is 0. The molecule has 1 aliphatic rings. The smallest absolute Gasteiger partial charge is 0.191 e. The van der Waals surface area contributed by atoms with Crippen LogP contribution in [0.5, 0.6) is 0 Å². The fourth-order valence-corrected chi connectivity index (χ4v) is 1.88. The topological polar surface area (TPSA) is 58.1 Å². The van der Waals surface area contributed by atoms with Crippen LogP contribution in [0.25, 0.3) is 0 Å². The second-order valence-electron chi connectivity index (χ2n) is 5.79. The van der Waals surface area contributed by atoms with Crippen LogP contribution in [-0.4, -0.2) is 76.1 Å². The van der Waals surface area contributed by atoms with E-state index in [1.54, 1.807) is 7.11 Å². The number of hydrogen-bond donors (Lipinski definition) is 2. The van der Waals surface area contributed by atoms with Crippen molar-refractivity contribution in [2.75, 3.05) is 53.5 Å². The molecule has 1 fully saturated rings. The predicted molar refractivity (Wildman–Crippen MR) is 97.7 cm³/mol. The number of hydrogen-bond acceptors (Lipinski definition) is 4. The number of likely N-dealkylation sites (N-methyl/N-ethyl adjacent to an activating group) is 1. The predicted octanol–water partition coefficient (Wildman–Crippen LogP) is 0.915. The van der Waals surface area contributed by atoms with Gasteiger partial charge in [-0.1, -0.05) is 0 Å². The highest BCUT2D eigenvalue weighted by atomic mass is 127. The van der Waals surface area contributed by atoms with E-state index in [0.29, 0.717) is 6.54 Å². The van der Waals surface area contributed by atoms with Crippen LogP contribution in [0.3, 0.4) is 0 Å². The molecule has 6 nitrogen and oxygen atoms in total. The standard InChI is InChI=1S/C14H30N4O2.HI/c1-6-15-13(17-11-14(2,3)19-5)16-9-12-10-18(4)7-8-20-12;/h12H,6-11H2,1-5H3,(H2,15,16,17);1H. The molecule has 7 heteroatoms. The zero-order valence-corrected chi connectivity index (χ0v) is 16.3. The van der Waals surface area contributed by atoms with Crippen LogP contribution < -0.4 is 10.6 Å². The average Bonchev–Trinajstić information content (AvgIpc) is 2.42. The molecule has 1 rings (SSSR count). The van der Waals surface area contributed by atoms with Gasteiger partial charge in [-0.15, -0.1) is 24.0 Å². The van der Waals surface area contributed by atoms with E-state index in [-0.39, 0.29) is 35.7 Å². The summed E-state index contributed by atoms with van der Waals surface area (Å²) in [7, 11) is 3.83. The molecule has 1 heterocycles. The number of nitrogens with zero attached hydrogens (tertiary/aromatic N) is 2. The number of halogens is 1. The molecule has 0 amide bonds. The van der Waals surface area contributed by atoms with Crippen molar-refractivity contribution < 1.29 is 9.47 Å². The molecule has 0 aliphatic carbocycles. The van der Waals surface area contributed by atoms with Gasteiger partial charge in [0.25, 0.3) is 0 Å². The zero-order chi connectivity index (χ0) is 15.0. The van der Waals surface area contributed by atoms with E-state index in [9.17, 15) is 0 Å². The Labute approximate surface area is 146 Å². The Balaban J connectivity index is 0.00000400. The Bertz CT molecular complexity index is 313. The molecule has 0 saturated carbocycles. The van der Waals surface area contributed by atoms with E-state index in [4.69, 9.17) is 9.47 Å². The van der Waals surface area contributed by atoms with Gasteiger partial charge in [-0.25, -0.2) is 0 Å². The first-order valence-corrected chi connectivity index (χ1v) is 7.34. The van der Waals surface area contributed by atoms with Gasteiger partial charge in [0.15, 0.2) is 5.96 Å². The quantitative estimate of drug-likeness (QED) is 0.385. The molecule has 1 saturated heterocycles. The van der Waals surface area contributed by atoms with Crippen molar-refractivity contribution in [2.45, 2.75) is 32.5 Å². The third-order valence-electron chi connectivity index (χ3n) is 3.35. The van der Waals surface area contributed by atoms with Crippen molar-refractivity contribution in [3.63, 3.8) is 0 Å². The SMILES string of the molecule is CCNC(=NCC(C)(C)OC)NCC1CN(C)CCO1.I. The van der Waals surface area contributed by atoms with Gasteiger partial charge in [-0.2, -0.15) is 0 Å². The summed E-state index contributed by atoms with van der Waals surface area (Å²) in [5, 5.41) is 6.58. The summed E-state index contributed by atoms with van der Waals surface area (Å²) in [6, 6.07) is 0. The Morgan fingerprint density at radius 3 is 2.71 bits per heavy atom. The van der Waals surface area contributed by atoms with Gasteiger partial charge in [-0.05, 0) is 27.8 Å². The number of ether oxygens (including phenoxy) is 2. The van der Waals surface area contributed by atoms with Gasteiger partial charge in [-0.3, -0.25) is 4.99 Å². The maximum absolute atomic E-state index is 5.73. The van der Waals surface area contributed by atoms with Gasteiger partial charge < -0.3 is 25.0 Å². The van der Waals surface area contributed by atoms with Crippen molar-refractivity contribution in [1.82, 2.24) is 15.5 Å². The minimum atomic E-state index is -0.246. The van der Waals surface area contributed by atoms with E-state index in [2.05, 4.69) is 34.5 Å². The summed E-state index contributed by atoms with van der Waals surface area (Å²) < 4.78 is 11.1. The van der Waals surface area contributed by atoms with Gasteiger partial charge >= 0.3 is 0 Å². The van der Waals surface area contributed by atoms with Crippen LogP contribution in [0, 0.1) is 0 Å². The molecule has 21 heavy (non-hydrogen) atoms. The van der Waals surface area contributed by atoms with Crippen molar-refractivity contribution in [3.8, 4) is 0 Å². The summed E-state index contributed by atoms with van der Waals surface area (Å²) in [5.74, 6) is 0.814. The monoisotopic (exact) mass is 414 g/mol. The highest BCUT2D eigenvalue weighted by Gasteiger charge is 2.19. The number of rotatable bonds is 6. The Kier molecular flexibility index (Phi) is 10.5. The number of guanidine groups is 1. The number of methoxy groups -OCH3 is 1. The fourth-order valence-electron chi connectivity index (χ4n) is 1.88. The molecule has 0 aromatic heterocycles. The van der Waals surface area contributed by atoms with Gasteiger partial charge in [0.2, 0.25) is 0 Å². The third-order valence-corrected chi connectivity index (χ3v) is 3.35. The molecule has 2 N–H and O–H groups in total. The maximum atomic E-state index is 5.73. The lowest BCUT2D eigenvalue weighted by molar-refractivity contribution is -0.0161. The summed E-state index contributed by atoms with van der Waals surface area (Å²) in [4.78, 5) is 6.85. The molecule has 0 radical (unpaired) electrons. The second kappa shape index (κ2) is 10.6. The van der Waals surface area contributed by atoms with Crippen molar-refractivity contribution in [1.29, 1.82) is 0 Å². The summed E-state index contributed by atoms with van der Waals surface area (Å²) in [5.41, 5.74) is -0.246. The summed E-state index contributed by atoms with van der Waals surface area (Å²) in [6.07, 6.45) is 0.216. The first kappa shape index (κ1) is 20.9. The van der Waals surface area contributed by atoms with E-state index in [0.717, 1.165) is 38.7 Å². The van der Waals surface area contributed by atoms with Crippen LogP contribution in [-0.2, 0) is 9.47 Å². The highest BCUT2D eigenvalue weighted by Crippen LogP contribution is 2.07. The second-order valence-corrected chi connectivity index (χ2v) is 5.79. The average molecular weight is 414 g/mol. The molecular formula is C14H31IN4O2. The summed E-state index contributed by atoms with van der Waals surface area (Å²) in [6.45, 7) is 11.1. The molecule has 0 aromatic carbocycles. The lowest BCUT2D eigenvalue weighted by Crippen LogP contribution is -2.48. The van der Waals surface area contributed by atoms with Crippen LogP contribution in [0.1, 0.15) is 20.8 Å². The number of aliphatic imine (C=N–C) groups is 1. The van der Waals surface area contributed by atoms with Crippen molar-refractivity contribution >= 4 is 29.9 Å². The van der Waals surface area contributed by atoms with Crippen LogP contribution in [0.2, 0.25) is 0 Å². The molecule has 126 valence electrons. The lowest BCUT2D eigenvalue weighted by Gasteiger charge is -2.30. The molecular weight excluding hydrogens is 383 g/mol. The molecule has 1 atom stereocenters. The molecule has 0 spiro atoms. The van der Waals surface area contributed by atoms with Crippen molar-refractivity contribution in [2.24, 2.45) is 4.99 Å². The minimum absolute atomic E-state index is 0. The van der Waals surface area contributed by atoms with Gasteiger partial charge in [0.1, 0.15) is 0 Å². The van der Waals surface area contributed by atoms with Crippen molar-refractivity contribution in [3.05, 3.63) is 0 Å². The molecule has 1 unspecified atom stereocenters. The van der Waals surface area contributed by atoms with Gasteiger partial charge in [0.05, 0.1) is 24.9 Å². The first-order chi connectivity index (χ1) is 9.46. The Morgan fingerprint density at radius 1 is 1.43 bits per heavy atom. The molecule has 0 bridgehead atoms. The van der Waals surface area contributed by atoms with E-state index < -0.39 is 0 Å². The molecule has 0 aromatic rings. The number of morpholine rings is 1. The Hall–Kier alpha value is -0.120. The van der Waals surface area contributed by atoms with E-state index >= 15 is 0 Å². The maximum Gasteiger partial charge on any atom is 0.191 e. The largest absolute Gasteiger partial charge is 0.377 e. The lowest BCUT2D eigenvalue weighted by atomic mass is 10.1. The van der Waals surface area contributed by atoms with Crippen LogP contribution in [0.4, 0.5) is 0 Å². The normalized spacial score (nSPS) is 20.8. The molecule has 1 aliphatic heterocycles. The van der Waals surface area contributed by atoms with Gasteiger partial charge in [0, 0.05) is 33.3 Å².